The number of benzene rings is 2. The maximum Gasteiger partial charge on any atom is 0.252 e. The minimum Gasteiger partial charge on any atom is -0.494 e. The molecule has 0 fully saturated rings. The summed E-state index contributed by atoms with van der Waals surface area (Å²) in [6.07, 6.45) is 0. The van der Waals surface area contributed by atoms with Gasteiger partial charge in [-0.2, -0.15) is 0 Å². The highest BCUT2D eigenvalue weighted by atomic mass is 79.9. The predicted octanol–water partition coefficient (Wildman–Crippen LogP) is 4.54. The second-order valence-corrected chi connectivity index (χ2v) is 6.16. The molecule has 2 rings (SSSR count). The number of nitrogens with one attached hydrogen (secondary N) is 1. The molecule has 1 amide bonds. The zero-order valence-electron chi connectivity index (χ0n) is 11.5. The largest absolute Gasteiger partial charge is 0.494 e. The van der Waals surface area contributed by atoms with Gasteiger partial charge in [0.1, 0.15) is 5.75 Å². The van der Waals surface area contributed by atoms with Crippen molar-refractivity contribution in [2.75, 3.05) is 6.61 Å². The minimum absolute atomic E-state index is 0.115. The maximum atomic E-state index is 12.2. The van der Waals surface area contributed by atoms with Gasteiger partial charge in [0.2, 0.25) is 0 Å². The summed E-state index contributed by atoms with van der Waals surface area (Å²) in [5.74, 6) is 0.699. The van der Waals surface area contributed by atoms with Crippen molar-refractivity contribution in [2.24, 2.45) is 0 Å². The average Bonchev–Trinajstić information content (AvgIpc) is 2.45. The molecule has 0 saturated carbocycles. The van der Waals surface area contributed by atoms with Crippen LogP contribution in [0.15, 0.2) is 51.4 Å². The number of ether oxygens (including phenoxy) is 1. The van der Waals surface area contributed by atoms with Crippen molar-refractivity contribution in [3.8, 4) is 5.75 Å². The lowest BCUT2D eigenvalue weighted by atomic mass is 10.2. The predicted molar refractivity (Wildman–Crippen MR) is 90.6 cm³/mol. The fourth-order valence-electron chi connectivity index (χ4n) is 1.86. The van der Waals surface area contributed by atoms with Crippen molar-refractivity contribution >= 4 is 37.8 Å². The SMILES string of the molecule is CCOc1cccc(CNC(=O)c2ccc(Br)cc2Br)c1. The van der Waals surface area contributed by atoms with Gasteiger partial charge in [-0.15, -0.1) is 0 Å². The smallest absolute Gasteiger partial charge is 0.252 e. The number of hydrogen-bond donors (Lipinski definition) is 1. The normalized spacial score (nSPS) is 10.2. The topological polar surface area (TPSA) is 38.3 Å². The summed E-state index contributed by atoms with van der Waals surface area (Å²) in [5, 5.41) is 2.91. The number of amides is 1. The molecular formula is C16H15Br2NO2. The highest BCUT2D eigenvalue weighted by Crippen LogP contribution is 2.22. The summed E-state index contributed by atoms with van der Waals surface area (Å²) in [7, 11) is 0. The van der Waals surface area contributed by atoms with Crippen LogP contribution in [0.1, 0.15) is 22.8 Å². The third-order valence-electron chi connectivity index (χ3n) is 2.84. The van der Waals surface area contributed by atoms with E-state index in [4.69, 9.17) is 4.74 Å². The van der Waals surface area contributed by atoms with Gasteiger partial charge in [0.15, 0.2) is 0 Å². The molecule has 2 aromatic carbocycles. The molecule has 2 aromatic rings. The van der Waals surface area contributed by atoms with Gasteiger partial charge in [-0.3, -0.25) is 4.79 Å². The van der Waals surface area contributed by atoms with Crippen LogP contribution in [0.25, 0.3) is 0 Å². The van der Waals surface area contributed by atoms with Crippen molar-refractivity contribution in [1.29, 1.82) is 0 Å². The van der Waals surface area contributed by atoms with E-state index in [0.29, 0.717) is 18.7 Å². The molecular weight excluding hydrogens is 398 g/mol. The van der Waals surface area contributed by atoms with Gasteiger partial charge in [0.05, 0.1) is 12.2 Å². The molecule has 0 bridgehead atoms. The lowest BCUT2D eigenvalue weighted by molar-refractivity contribution is 0.0950. The number of carbonyl (C=O) groups excluding carboxylic acids is 1. The van der Waals surface area contributed by atoms with E-state index in [9.17, 15) is 4.79 Å². The van der Waals surface area contributed by atoms with Crippen molar-refractivity contribution in [2.45, 2.75) is 13.5 Å². The molecule has 1 N–H and O–H groups in total. The van der Waals surface area contributed by atoms with E-state index < -0.39 is 0 Å². The highest BCUT2D eigenvalue weighted by molar-refractivity contribution is 9.11. The molecule has 110 valence electrons. The molecule has 0 heterocycles. The Hall–Kier alpha value is -1.33. The van der Waals surface area contributed by atoms with Crippen molar-refractivity contribution < 1.29 is 9.53 Å². The van der Waals surface area contributed by atoms with Gasteiger partial charge < -0.3 is 10.1 Å². The Bertz CT molecular complexity index is 644. The summed E-state index contributed by atoms with van der Waals surface area (Å²) in [6.45, 7) is 3.03. The Balaban J connectivity index is 2.02. The molecule has 0 atom stereocenters. The number of carbonyl (C=O) groups is 1. The molecule has 0 saturated heterocycles. The second-order valence-electron chi connectivity index (χ2n) is 4.39. The molecule has 21 heavy (non-hydrogen) atoms. The fraction of sp³-hybridized carbons (Fsp3) is 0.188. The molecule has 0 aliphatic heterocycles. The van der Waals surface area contributed by atoms with Crippen LogP contribution >= 0.6 is 31.9 Å². The van der Waals surface area contributed by atoms with E-state index in [1.807, 2.05) is 43.3 Å². The first-order chi connectivity index (χ1) is 10.1. The van der Waals surface area contributed by atoms with Crippen LogP contribution in [0.4, 0.5) is 0 Å². The molecule has 0 aliphatic rings. The van der Waals surface area contributed by atoms with E-state index in [-0.39, 0.29) is 5.91 Å². The third kappa shape index (κ3) is 4.58. The van der Waals surface area contributed by atoms with E-state index in [0.717, 1.165) is 20.3 Å². The highest BCUT2D eigenvalue weighted by Gasteiger charge is 2.10. The molecule has 5 heteroatoms. The first-order valence-electron chi connectivity index (χ1n) is 6.55. The minimum atomic E-state index is -0.115. The second kappa shape index (κ2) is 7.61. The van der Waals surface area contributed by atoms with Crippen LogP contribution < -0.4 is 10.1 Å². The number of hydrogen-bond acceptors (Lipinski definition) is 2. The van der Waals surface area contributed by atoms with Crippen molar-refractivity contribution in [3.05, 3.63) is 62.5 Å². The zero-order valence-corrected chi connectivity index (χ0v) is 14.7. The molecule has 0 aliphatic carbocycles. The Morgan fingerprint density at radius 3 is 2.71 bits per heavy atom. The van der Waals surface area contributed by atoms with E-state index in [2.05, 4.69) is 37.2 Å². The lowest BCUT2D eigenvalue weighted by Crippen LogP contribution is -2.23. The van der Waals surface area contributed by atoms with E-state index in [1.165, 1.54) is 0 Å². The summed E-state index contributed by atoms with van der Waals surface area (Å²) in [4.78, 5) is 12.2. The van der Waals surface area contributed by atoms with Gasteiger partial charge in [-0.05, 0) is 58.7 Å². The first kappa shape index (κ1) is 16.0. The quantitative estimate of drug-likeness (QED) is 0.782. The van der Waals surface area contributed by atoms with Crippen LogP contribution in [0.5, 0.6) is 5.75 Å². The standard InChI is InChI=1S/C16H15Br2NO2/c1-2-21-13-5-3-4-11(8-13)10-19-16(20)14-7-6-12(17)9-15(14)18/h3-9H,2,10H2,1H3,(H,19,20). The molecule has 0 radical (unpaired) electrons. The summed E-state index contributed by atoms with van der Waals surface area (Å²) in [5.41, 5.74) is 1.61. The Kier molecular flexibility index (Phi) is 5.82. The summed E-state index contributed by atoms with van der Waals surface area (Å²) in [6, 6.07) is 13.2. The fourth-order valence-corrected chi connectivity index (χ4v) is 3.09. The monoisotopic (exact) mass is 411 g/mol. The van der Waals surface area contributed by atoms with Crippen LogP contribution in [-0.2, 0) is 6.54 Å². The Morgan fingerprint density at radius 2 is 2.00 bits per heavy atom. The van der Waals surface area contributed by atoms with E-state index in [1.54, 1.807) is 6.07 Å². The molecule has 0 unspecified atom stereocenters. The zero-order chi connectivity index (χ0) is 15.2. The van der Waals surface area contributed by atoms with Crippen LogP contribution in [0.2, 0.25) is 0 Å². The average molecular weight is 413 g/mol. The number of rotatable bonds is 5. The van der Waals surface area contributed by atoms with Crippen molar-refractivity contribution in [1.82, 2.24) is 5.32 Å². The van der Waals surface area contributed by atoms with Gasteiger partial charge in [0, 0.05) is 15.5 Å². The van der Waals surface area contributed by atoms with Gasteiger partial charge in [0.25, 0.3) is 5.91 Å². The summed E-state index contributed by atoms with van der Waals surface area (Å²) >= 11 is 6.76. The van der Waals surface area contributed by atoms with Crippen LogP contribution in [0, 0.1) is 0 Å². The number of halogens is 2. The third-order valence-corrected chi connectivity index (χ3v) is 3.99. The van der Waals surface area contributed by atoms with Crippen LogP contribution in [0.3, 0.4) is 0 Å². The summed E-state index contributed by atoms with van der Waals surface area (Å²) < 4.78 is 7.13. The molecule has 0 spiro atoms. The Morgan fingerprint density at radius 1 is 1.19 bits per heavy atom. The van der Waals surface area contributed by atoms with Gasteiger partial charge in [-0.25, -0.2) is 0 Å². The molecule has 0 aromatic heterocycles. The first-order valence-corrected chi connectivity index (χ1v) is 8.13. The van der Waals surface area contributed by atoms with Gasteiger partial charge in [-0.1, -0.05) is 28.1 Å². The Labute approximate surface area is 141 Å². The van der Waals surface area contributed by atoms with Crippen molar-refractivity contribution in [3.63, 3.8) is 0 Å². The molecule has 3 nitrogen and oxygen atoms in total. The van der Waals surface area contributed by atoms with Crippen LogP contribution in [-0.4, -0.2) is 12.5 Å². The lowest BCUT2D eigenvalue weighted by Gasteiger charge is -2.09. The van der Waals surface area contributed by atoms with Gasteiger partial charge >= 0.3 is 0 Å². The maximum absolute atomic E-state index is 12.2. The van der Waals surface area contributed by atoms with E-state index >= 15 is 0 Å².